The van der Waals surface area contributed by atoms with Crippen molar-refractivity contribution in [2.24, 2.45) is 0 Å². The van der Waals surface area contributed by atoms with Crippen LogP contribution in [-0.2, 0) is 10.5 Å². The first-order chi connectivity index (χ1) is 10.7. The molecule has 0 unspecified atom stereocenters. The van der Waals surface area contributed by atoms with E-state index in [1.54, 1.807) is 0 Å². The zero-order valence-corrected chi connectivity index (χ0v) is 14.7. The highest BCUT2D eigenvalue weighted by Gasteiger charge is 2.21. The van der Waals surface area contributed by atoms with E-state index in [0.29, 0.717) is 11.3 Å². The number of anilines is 1. The molecule has 0 radical (unpaired) electrons. The van der Waals surface area contributed by atoms with Gasteiger partial charge in [0.1, 0.15) is 5.82 Å². The maximum absolute atomic E-state index is 6.15. The fraction of sp³-hybridized carbons (Fsp3) is 0.750. The molecular weight excluding hydrogens is 318 g/mol. The Bertz CT molecular complexity index is 496. The van der Waals surface area contributed by atoms with Gasteiger partial charge in [0.05, 0.1) is 24.9 Å². The van der Waals surface area contributed by atoms with E-state index < -0.39 is 0 Å². The summed E-state index contributed by atoms with van der Waals surface area (Å²) in [5, 5.41) is 1.14. The predicted octanol–water partition coefficient (Wildman–Crippen LogP) is 3.92. The Morgan fingerprint density at radius 3 is 2.91 bits per heavy atom. The lowest BCUT2D eigenvalue weighted by Crippen LogP contribution is -2.44. The van der Waals surface area contributed by atoms with E-state index in [4.69, 9.17) is 16.3 Å². The van der Waals surface area contributed by atoms with Crippen molar-refractivity contribution < 1.29 is 4.74 Å². The van der Waals surface area contributed by atoms with Crippen LogP contribution in [0.1, 0.15) is 44.7 Å². The number of ether oxygens (including phenoxy) is 1. The molecule has 1 aromatic heterocycles. The van der Waals surface area contributed by atoms with E-state index in [1.807, 2.05) is 11.8 Å². The molecule has 122 valence electrons. The minimum absolute atomic E-state index is 0.332. The highest BCUT2D eigenvalue weighted by molar-refractivity contribution is 7.99. The molecule has 0 amide bonds. The summed E-state index contributed by atoms with van der Waals surface area (Å²) in [6.45, 7) is 4.52. The van der Waals surface area contributed by atoms with E-state index in [9.17, 15) is 0 Å². The van der Waals surface area contributed by atoms with Gasteiger partial charge in [-0.15, -0.1) is 0 Å². The van der Waals surface area contributed by atoms with Crippen LogP contribution in [0.3, 0.4) is 0 Å². The minimum Gasteiger partial charge on any atom is -0.377 e. The van der Waals surface area contributed by atoms with E-state index in [-0.39, 0.29) is 0 Å². The maximum atomic E-state index is 6.15. The van der Waals surface area contributed by atoms with Crippen molar-refractivity contribution in [2.75, 3.05) is 24.7 Å². The number of morpholine rings is 1. The van der Waals surface area contributed by atoms with Crippen LogP contribution >= 0.6 is 23.4 Å². The molecule has 2 aliphatic rings. The molecule has 0 bridgehead atoms. The normalized spacial score (nSPS) is 23.7. The zero-order valence-electron chi connectivity index (χ0n) is 13.1. The quantitative estimate of drug-likeness (QED) is 0.776. The molecule has 1 saturated carbocycles. The SMILES string of the molecule is C[C@H]1COCCN1c1cc(CSC2CCCCC2)nc(Cl)n1. The Labute approximate surface area is 142 Å². The van der Waals surface area contributed by atoms with Crippen LogP contribution < -0.4 is 4.90 Å². The fourth-order valence-electron chi connectivity index (χ4n) is 3.18. The summed E-state index contributed by atoms with van der Waals surface area (Å²) in [4.78, 5) is 11.1. The monoisotopic (exact) mass is 341 g/mol. The Morgan fingerprint density at radius 2 is 2.14 bits per heavy atom. The van der Waals surface area contributed by atoms with Gasteiger partial charge in [-0.05, 0) is 31.4 Å². The van der Waals surface area contributed by atoms with Gasteiger partial charge in [-0.25, -0.2) is 9.97 Å². The summed E-state index contributed by atoms with van der Waals surface area (Å²) < 4.78 is 5.50. The van der Waals surface area contributed by atoms with Gasteiger partial charge in [0.15, 0.2) is 0 Å². The van der Waals surface area contributed by atoms with E-state index in [2.05, 4.69) is 27.9 Å². The van der Waals surface area contributed by atoms with Crippen molar-refractivity contribution in [1.82, 2.24) is 9.97 Å². The molecule has 1 atom stereocenters. The second-order valence-electron chi connectivity index (χ2n) is 6.17. The van der Waals surface area contributed by atoms with Crippen LogP contribution in [0.2, 0.25) is 5.28 Å². The first kappa shape index (κ1) is 16.3. The van der Waals surface area contributed by atoms with Crippen molar-refractivity contribution in [2.45, 2.75) is 56.1 Å². The molecule has 0 N–H and O–H groups in total. The van der Waals surface area contributed by atoms with Gasteiger partial charge in [0.2, 0.25) is 5.28 Å². The molecule has 1 aromatic rings. The second kappa shape index (κ2) is 7.84. The summed E-state index contributed by atoms with van der Waals surface area (Å²) in [5.41, 5.74) is 1.05. The molecule has 3 rings (SSSR count). The van der Waals surface area contributed by atoms with Gasteiger partial charge in [-0.2, -0.15) is 11.8 Å². The number of thioether (sulfide) groups is 1. The van der Waals surface area contributed by atoms with Crippen LogP contribution in [0.25, 0.3) is 0 Å². The van der Waals surface area contributed by atoms with Gasteiger partial charge < -0.3 is 9.64 Å². The molecule has 6 heteroatoms. The zero-order chi connectivity index (χ0) is 15.4. The number of nitrogens with zero attached hydrogens (tertiary/aromatic N) is 3. The number of halogens is 1. The van der Waals surface area contributed by atoms with Crippen LogP contribution in [0.4, 0.5) is 5.82 Å². The molecule has 2 heterocycles. The van der Waals surface area contributed by atoms with Crippen LogP contribution in [-0.4, -0.2) is 41.0 Å². The van der Waals surface area contributed by atoms with Crippen LogP contribution in [0, 0.1) is 0 Å². The highest BCUT2D eigenvalue weighted by atomic mass is 35.5. The lowest BCUT2D eigenvalue weighted by molar-refractivity contribution is 0.0985. The summed E-state index contributed by atoms with van der Waals surface area (Å²) in [7, 11) is 0. The molecule has 0 aromatic carbocycles. The van der Waals surface area contributed by atoms with Crippen molar-refractivity contribution in [3.63, 3.8) is 0 Å². The third-order valence-electron chi connectivity index (χ3n) is 4.42. The Morgan fingerprint density at radius 1 is 1.32 bits per heavy atom. The van der Waals surface area contributed by atoms with Crippen molar-refractivity contribution in [3.8, 4) is 0 Å². The third kappa shape index (κ3) is 4.27. The highest BCUT2D eigenvalue weighted by Crippen LogP contribution is 2.31. The molecule has 0 spiro atoms. The van der Waals surface area contributed by atoms with Gasteiger partial charge in [0.25, 0.3) is 0 Å². The molecule has 1 aliphatic heterocycles. The number of rotatable bonds is 4. The summed E-state index contributed by atoms with van der Waals surface area (Å²) in [5.74, 6) is 1.87. The summed E-state index contributed by atoms with van der Waals surface area (Å²) in [6.07, 6.45) is 6.83. The molecule has 2 fully saturated rings. The smallest absolute Gasteiger partial charge is 0.224 e. The Hall–Kier alpha value is -0.520. The lowest BCUT2D eigenvalue weighted by atomic mass is 10.0. The van der Waals surface area contributed by atoms with Crippen LogP contribution in [0.15, 0.2) is 6.07 Å². The third-order valence-corrected chi connectivity index (χ3v) is 5.99. The van der Waals surface area contributed by atoms with E-state index >= 15 is 0 Å². The van der Waals surface area contributed by atoms with Gasteiger partial charge in [0, 0.05) is 23.6 Å². The first-order valence-electron chi connectivity index (χ1n) is 8.22. The van der Waals surface area contributed by atoms with Crippen LogP contribution in [0.5, 0.6) is 0 Å². The largest absolute Gasteiger partial charge is 0.377 e. The van der Waals surface area contributed by atoms with E-state index in [1.165, 1.54) is 32.1 Å². The Kier molecular flexibility index (Phi) is 5.83. The first-order valence-corrected chi connectivity index (χ1v) is 9.64. The predicted molar refractivity (Wildman–Crippen MR) is 92.8 cm³/mol. The topological polar surface area (TPSA) is 38.2 Å². The lowest BCUT2D eigenvalue weighted by Gasteiger charge is -2.34. The van der Waals surface area contributed by atoms with Gasteiger partial charge >= 0.3 is 0 Å². The average molecular weight is 342 g/mol. The molecule has 22 heavy (non-hydrogen) atoms. The summed E-state index contributed by atoms with van der Waals surface area (Å²) >= 11 is 8.17. The number of aromatic nitrogens is 2. The molecular formula is C16H24ClN3OS. The molecule has 1 aliphatic carbocycles. The fourth-order valence-corrected chi connectivity index (χ4v) is 4.59. The maximum Gasteiger partial charge on any atom is 0.224 e. The van der Waals surface area contributed by atoms with Gasteiger partial charge in [-0.1, -0.05) is 19.3 Å². The van der Waals surface area contributed by atoms with Crippen molar-refractivity contribution >= 4 is 29.2 Å². The Balaban J connectivity index is 1.66. The average Bonchev–Trinajstić information content (AvgIpc) is 2.54. The van der Waals surface area contributed by atoms with Gasteiger partial charge in [-0.3, -0.25) is 0 Å². The van der Waals surface area contributed by atoms with Crippen molar-refractivity contribution in [3.05, 3.63) is 17.0 Å². The van der Waals surface area contributed by atoms with E-state index in [0.717, 1.165) is 42.3 Å². The minimum atomic E-state index is 0.332. The number of hydrogen-bond acceptors (Lipinski definition) is 5. The standard InChI is InChI=1S/C16H24ClN3OS/c1-12-10-21-8-7-20(12)15-9-13(18-16(17)19-15)11-22-14-5-3-2-4-6-14/h9,12,14H,2-8,10-11H2,1H3/t12-/m0/s1. The second-order valence-corrected chi connectivity index (χ2v) is 7.80. The molecule has 1 saturated heterocycles. The van der Waals surface area contributed by atoms with Crippen molar-refractivity contribution in [1.29, 1.82) is 0 Å². The summed E-state index contributed by atoms with van der Waals surface area (Å²) in [6, 6.07) is 2.43. The number of hydrogen-bond donors (Lipinski definition) is 0. The molecule has 4 nitrogen and oxygen atoms in total.